The smallest absolute Gasteiger partial charge is 0.247 e. The average Bonchev–Trinajstić information content (AvgIpc) is 2.77. The number of carbonyl (C=O) groups is 1. The molecule has 0 aromatic heterocycles. The van der Waals surface area contributed by atoms with E-state index in [1.54, 1.807) is 0 Å². The van der Waals surface area contributed by atoms with E-state index in [2.05, 4.69) is 81.4 Å². The Labute approximate surface area is 180 Å². The Morgan fingerprint density at radius 3 is 1.83 bits per heavy atom. The molecule has 0 spiro atoms. The van der Waals surface area contributed by atoms with Crippen LogP contribution in [0.5, 0.6) is 0 Å². The van der Waals surface area contributed by atoms with Gasteiger partial charge in [-0.2, -0.15) is 0 Å². The molecule has 0 aliphatic rings. The minimum atomic E-state index is 0.0588. The summed E-state index contributed by atoms with van der Waals surface area (Å²) in [6, 6.07) is 27.0. The molecule has 0 atom stereocenters. The second-order valence-electron chi connectivity index (χ2n) is 7.89. The van der Waals surface area contributed by atoms with Crippen LogP contribution in [0.2, 0.25) is 0 Å². The summed E-state index contributed by atoms with van der Waals surface area (Å²) in [7, 11) is 0. The number of benzene rings is 3. The number of hydrogen-bond acceptors (Lipinski definition) is 1. The molecule has 2 nitrogen and oxygen atoms in total. The standard InChI is InChI=1S/C28H31NO/c1-4-5-19-29(21-24-9-7-6-8-10-24)28(30)20-27(25-15-11-22(2)12-16-25)26-17-13-23(3)14-18-26/h6-18,20H,4-5,19,21H2,1-3H3. The third kappa shape index (κ3) is 5.93. The van der Waals surface area contributed by atoms with E-state index in [-0.39, 0.29) is 5.91 Å². The number of hydrogen-bond donors (Lipinski definition) is 0. The third-order valence-corrected chi connectivity index (χ3v) is 5.30. The Hall–Kier alpha value is -3.13. The molecule has 0 saturated heterocycles. The van der Waals surface area contributed by atoms with Crippen LogP contribution in [0.15, 0.2) is 84.9 Å². The summed E-state index contributed by atoms with van der Waals surface area (Å²) in [5, 5.41) is 0. The topological polar surface area (TPSA) is 20.3 Å². The quantitative estimate of drug-likeness (QED) is 0.394. The third-order valence-electron chi connectivity index (χ3n) is 5.30. The first-order valence-electron chi connectivity index (χ1n) is 10.8. The Morgan fingerprint density at radius 2 is 1.33 bits per heavy atom. The lowest BCUT2D eigenvalue weighted by molar-refractivity contribution is -0.126. The van der Waals surface area contributed by atoms with Crippen LogP contribution in [0, 0.1) is 13.8 Å². The predicted octanol–water partition coefficient (Wildman–Crippen LogP) is 6.56. The molecule has 3 aromatic rings. The number of aryl methyl sites for hydroxylation is 2. The van der Waals surface area contributed by atoms with Crippen LogP contribution in [-0.2, 0) is 11.3 Å². The summed E-state index contributed by atoms with van der Waals surface area (Å²) in [5.74, 6) is 0.0588. The highest BCUT2D eigenvalue weighted by Crippen LogP contribution is 2.25. The van der Waals surface area contributed by atoms with Crippen molar-refractivity contribution >= 4 is 11.5 Å². The van der Waals surface area contributed by atoms with Crippen LogP contribution < -0.4 is 0 Å². The van der Waals surface area contributed by atoms with Gasteiger partial charge in [0, 0.05) is 19.2 Å². The Bertz CT molecular complexity index is 922. The van der Waals surface area contributed by atoms with Crippen molar-refractivity contribution in [2.24, 2.45) is 0 Å². The molecule has 30 heavy (non-hydrogen) atoms. The highest BCUT2D eigenvalue weighted by Gasteiger charge is 2.15. The van der Waals surface area contributed by atoms with E-state index in [1.165, 1.54) is 11.1 Å². The first-order chi connectivity index (χ1) is 14.6. The number of carbonyl (C=O) groups excluding carboxylic acids is 1. The molecule has 3 aromatic carbocycles. The van der Waals surface area contributed by atoms with Gasteiger partial charge in [-0.3, -0.25) is 4.79 Å². The van der Waals surface area contributed by atoms with Gasteiger partial charge in [0.05, 0.1) is 0 Å². The molecule has 0 N–H and O–H groups in total. The molecule has 3 rings (SSSR count). The van der Waals surface area contributed by atoms with E-state index in [0.717, 1.165) is 41.6 Å². The summed E-state index contributed by atoms with van der Waals surface area (Å²) >= 11 is 0. The minimum absolute atomic E-state index is 0.0588. The summed E-state index contributed by atoms with van der Waals surface area (Å²) in [6.07, 6.45) is 3.87. The van der Waals surface area contributed by atoms with Crippen LogP contribution >= 0.6 is 0 Å². The predicted molar refractivity (Wildman–Crippen MR) is 126 cm³/mol. The highest BCUT2D eigenvalue weighted by atomic mass is 16.2. The summed E-state index contributed by atoms with van der Waals surface area (Å²) in [5.41, 5.74) is 6.67. The Morgan fingerprint density at radius 1 is 0.800 bits per heavy atom. The monoisotopic (exact) mass is 397 g/mol. The maximum absolute atomic E-state index is 13.4. The van der Waals surface area contributed by atoms with Gasteiger partial charge in [0.15, 0.2) is 0 Å². The van der Waals surface area contributed by atoms with Crippen LogP contribution in [0.4, 0.5) is 0 Å². The molecule has 0 aliphatic heterocycles. The van der Waals surface area contributed by atoms with Crippen molar-refractivity contribution in [3.63, 3.8) is 0 Å². The summed E-state index contributed by atoms with van der Waals surface area (Å²) < 4.78 is 0. The van der Waals surface area contributed by atoms with E-state index < -0.39 is 0 Å². The van der Waals surface area contributed by atoms with E-state index in [0.29, 0.717) is 6.54 Å². The number of rotatable bonds is 8. The average molecular weight is 398 g/mol. The summed E-state index contributed by atoms with van der Waals surface area (Å²) in [4.78, 5) is 15.4. The van der Waals surface area contributed by atoms with Crippen molar-refractivity contribution in [1.29, 1.82) is 0 Å². The van der Waals surface area contributed by atoms with Crippen molar-refractivity contribution in [1.82, 2.24) is 4.90 Å². The lowest BCUT2D eigenvalue weighted by Crippen LogP contribution is -2.30. The normalized spacial score (nSPS) is 10.5. The van der Waals surface area contributed by atoms with Gasteiger partial charge in [-0.15, -0.1) is 0 Å². The van der Waals surface area contributed by atoms with E-state index in [4.69, 9.17) is 0 Å². The first kappa shape index (κ1) is 21.6. The molecule has 0 fully saturated rings. The van der Waals surface area contributed by atoms with Crippen LogP contribution in [-0.4, -0.2) is 17.4 Å². The zero-order valence-electron chi connectivity index (χ0n) is 18.3. The van der Waals surface area contributed by atoms with Crippen LogP contribution in [0.3, 0.4) is 0 Å². The van der Waals surface area contributed by atoms with Crippen molar-refractivity contribution < 1.29 is 4.79 Å². The molecule has 0 bridgehead atoms. The maximum atomic E-state index is 13.4. The van der Waals surface area contributed by atoms with Gasteiger partial charge in [0.2, 0.25) is 5.91 Å². The fraction of sp³-hybridized carbons (Fsp3) is 0.250. The van der Waals surface area contributed by atoms with Gasteiger partial charge in [-0.25, -0.2) is 0 Å². The molecule has 0 saturated carbocycles. The SMILES string of the molecule is CCCCN(Cc1ccccc1)C(=O)C=C(c1ccc(C)cc1)c1ccc(C)cc1. The molecule has 0 aliphatic carbocycles. The van der Waals surface area contributed by atoms with Gasteiger partial charge in [0.25, 0.3) is 0 Å². The molecular formula is C28H31NO. The van der Waals surface area contributed by atoms with E-state index in [9.17, 15) is 4.79 Å². The lowest BCUT2D eigenvalue weighted by Gasteiger charge is -2.22. The lowest BCUT2D eigenvalue weighted by atomic mass is 9.95. The van der Waals surface area contributed by atoms with Crippen LogP contribution in [0.25, 0.3) is 5.57 Å². The minimum Gasteiger partial charge on any atom is -0.335 e. The van der Waals surface area contributed by atoms with Gasteiger partial charge < -0.3 is 4.90 Å². The second-order valence-corrected chi connectivity index (χ2v) is 7.89. The van der Waals surface area contributed by atoms with Gasteiger partial charge in [0.1, 0.15) is 0 Å². The number of amides is 1. The molecule has 0 unspecified atom stereocenters. The van der Waals surface area contributed by atoms with Crippen molar-refractivity contribution in [3.8, 4) is 0 Å². The molecule has 154 valence electrons. The zero-order valence-corrected chi connectivity index (χ0v) is 18.3. The largest absolute Gasteiger partial charge is 0.335 e. The second kappa shape index (κ2) is 10.6. The molecule has 1 amide bonds. The molecule has 0 radical (unpaired) electrons. The fourth-order valence-electron chi connectivity index (χ4n) is 3.43. The van der Waals surface area contributed by atoms with Crippen LogP contribution in [0.1, 0.15) is 47.6 Å². The number of nitrogens with zero attached hydrogens (tertiary/aromatic N) is 1. The Kier molecular flexibility index (Phi) is 7.62. The van der Waals surface area contributed by atoms with Crippen molar-refractivity contribution in [2.45, 2.75) is 40.2 Å². The van der Waals surface area contributed by atoms with E-state index in [1.807, 2.05) is 29.2 Å². The molecular weight excluding hydrogens is 366 g/mol. The highest BCUT2D eigenvalue weighted by molar-refractivity contribution is 5.99. The fourth-order valence-corrected chi connectivity index (χ4v) is 3.43. The summed E-state index contributed by atoms with van der Waals surface area (Å²) in [6.45, 7) is 7.71. The van der Waals surface area contributed by atoms with Gasteiger partial charge in [-0.05, 0) is 42.5 Å². The Balaban J connectivity index is 1.96. The molecule has 2 heteroatoms. The van der Waals surface area contributed by atoms with Crippen molar-refractivity contribution in [2.75, 3.05) is 6.54 Å². The van der Waals surface area contributed by atoms with E-state index >= 15 is 0 Å². The first-order valence-corrected chi connectivity index (χ1v) is 10.8. The zero-order chi connectivity index (χ0) is 21.3. The van der Waals surface area contributed by atoms with Gasteiger partial charge >= 0.3 is 0 Å². The number of unbranched alkanes of at least 4 members (excludes halogenated alkanes) is 1. The van der Waals surface area contributed by atoms with Gasteiger partial charge in [-0.1, -0.05) is 103 Å². The van der Waals surface area contributed by atoms with Crippen molar-refractivity contribution in [3.05, 3.63) is 113 Å². The maximum Gasteiger partial charge on any atom is 0.247 e. The molecule has 0 heterocycles.